The Morgan fingerprint density at radius 2 is 1.53 bits per heavy atom. The van der Waals surface area contributed by atoms with Crippen molar-refractivity contribution in [3.8, 4) is 0 Å². The van der Waals surface area contributed by atoms with E-state index in [-0.39, 0.29) is 45.7 Å². The van der Waals surface area contributed by atoms with E-state index in [0.717, 1.165) is 41.8 Å². The van der Waals surface area contributed by atoms with Crippen LogP contribution < -0.4 is 9.62 Å². The molecule has 0 spiro atoms. The Hall–Kier alpha value is -2.20. The van der Waals surface area contributed by atoms with E-state index in [1.165, 1.54) is 17.0 Å². The van der Waals surface area contributed by atoms with E-state index < -0.39 is 28.5 Å². The average Bonchev–Trinajstić information content (AvgIpc) is 3.45. The maximum Gasteiger partial charge on any atom is 0.244 e. The average molecular weight is 706 g/mol. The van der Waals surface area contributed by atoms with Crippen LogP contribution in [-0.2, 0) is 32.6 Å². The Morgan fingerprint density at radius 1 is 0.884 bits per heavy atom. The van der Waals surface area contributed by atoms with E-state index in [9.17, 15) is 18.0 Å². The highest BCUT2D eigenvalue weighted by molar-refractivity contribution is 7.92. The lowest BCUT2D eigenvalue weighted by molar-refractivity contribution is -0.140. The van der Waals surface area contributed by atoms with Crippen molar-refractivity contribution in [2.45, 2.75) is 50.7 Å². The van der Waals surface area contributed by atoms with Gasteiger partial charge >= 0.3 is 0 Å². The molecule has 0 aliphatic heterocycles. The Bertz CT molecular complexity index is 1580. The molecule has 0 saturated heterocycles. The molecule has 43 heavy (non-hydrogen) atoms. The summed E-state index contributed by atoms with van der Waals surface area (Å²) in [5.74, 6) is -0.992. The summed E-state index contributed by atoms with van der Waals surface area (Å²) in [6.45, 7) is -0.749. The number of amides is 2. The van der Waals surface area contributed by atoms with Crippen LogP contribution in [0, 0.1) is 0 Å². The summed E-state index contributed by atoms with van der Waals surface area (Å²) < 4.78 is 26.9. The summed E-state index contributed by atoms with van der Waals surface area (Å²) in [6, 6.07) is 15.7. The molecule has 1 aliphatic carbocycles. The second-order valence-electron chi connectivity index (χ2n) is 10.4. The Morgan fingerprint density at radius 3 is 2.16 bits per heavy atom. The van der Waals surface area contributed by atoms with Crippen LogP contribution in [0.4, 0.5) is 5.69 Å². The molecular weight excluding hydrogens is 676 g/mol. The third kappa shape index (κ3) is 8.93. The van der Waals surface area contributed by atoms with Crippen LogP contribution in [0.2, 0.25) is 25.1 Å². The molecule has 1 atom stereocenters. The van der Waals surface area contributed by atoms with Gasteiger partial charge in [0.15, 0.2) is 0 Å². The molecule has 0 radical (unpaired) electrons. The zero-order chi connectivity index (χ0) is 31.3. The molecule has 7 nitrogen and oxygen atoms in total. The number of carbonyl (C=O) groups is 2. The lowest BCUT2D eigenvalue weighted by Crippen LogP contribution is -2.54. The lowest BCUT2D eigenvalue weighted by atomic mass is 10.0. The standard InChI is InChI=1S/C30H30Cl5N3O4S/c1-43(41,42)38(27-16-25(34)24(33)15-26(27)35)18-29(39)37(17-20-11-12-21(31)14-23(20)32)28(13-19-7-3-2-4-8-19)30(40)36-22-9-5-6-10-22/h2-4,7-8,11-12,14-16,22,28H,5-6,9-10,13,17-18H2,1H3,(H,36,40)/t28-/m1/s1. The monoisotopic (exact) mass is 703 g/mol. The highest BCUT2D eigenvalue weighted by Crippen LogP contribution is 2.36. The zero-order valence-corrected chi connectivity index (χ0v) is 27.8. The van der Waals surface area contributed by atoms with E-state index in [0.29, 0.717) is 15.6 Å². The molecule has 0 unspecified atom stereocenters. The summed E-state index contributed by atoms with van der Waals surface area (Å²) in [5, 5.41) is 3.99. The molecule has 0 aromatic heterocycles. The summed E-state index contributed by atoms with van der Waals surface area (Å²) in [4.78, 5) is 29.5. The summed E-state index contributed by atoms with van der Waals surface area (Å²) in [5.41, 5.74) is 1.33. The zero-order valence-electron chi connectivity index (χ0n) is 23.2. The van der Waals surface area contributed by atoms with Gasteiger partial charge in [-0.15, -0.1) is 0 Å². The highest BCUT2D eigenvalue weighted by atomic mass is 35.5. The first-order valence-electron chi connectivity index (χ1n) is 13.5. The third-order valence-corrected chi connectivity index (χ3v) is 10.0. The molecule has 3 aromatic rings. The van der Waals surface area contributed by atoms with Crippen LogP contribution in [0.5, 0.6) is 0 Å². The number of sulfonamides is 1. The normalized spacial score (nSPS) is 14.4. The van der Waals surface area contributed by atoms with E-state index >= 15 is 0 Å². The predicted octanol–water partition coefficient (Wildman–Crippen LogP) is 7.42. The number of nitrogens with zero attached hydrogens (tertiary/aromatic N) is 2. The van der Waals surface area contributed by atoms with Crippen molar-refractivity contribution in [1.29, 1.82) is 0 Å². The van der Waals surface area contributed by atoms with Gasteiger partial charge in [0.05, 0.1) is 27.0 Å². The largest absolute Gasteiger partial charge is 0.352 e. The number of hydrogen-bond donors (Lipinski definition) is 1. The van der Waals surface area contributed by atoms with Gasteiger partial charge in [0.25, 0.3) is 0 Å². The van der Waals surface area contributed by atoms with Gasteiger partial charge in [-0.05, 0) is 48.2 Å². The predicted molar refractivity (Wildman–Crippen MR) is 175 cm³/mol. The van der Waals surface area contributed by atoms with Crippen LogP contribution in [0.1, 0.15) is 36.8 Å². The SMILES string of the molecule is CS(=O)(=O)N(CC(=O)N(Cc1ccc(Cl)cc1Cl)[C@H](Cc1ccccc1)C(=O)NC1CCCC1)c1cc(Cl)c(Cl)cc1Cl. The van der Waals surface area contributed by atoms with Crippen molar-refractivity contribution in [1.82, 2.24) is 10.2 Å². The Labute approximate surface area is 277 Å². The first-order valence-corrected chi connectivity index (χ1v) is 17.3. The second-order valence-corrected chi connectivity index (χ2v) is 14.4. The number of hydrogen-bond acceptors (Lipinski definition) is 4. The number of halogens is 5. The molecule has 1 saturated carbocycles. The maximum atomic E-state index is 14.3. The van der Waals surface area contributed by atoms with Crippen molar-refractivity contribution in [3.63, 3.8) is 0 Å². The second kappa shape index (κ2) is 14.7. The van der Waals surface area contributed by atoms with Gasteiger partial charge in [-0.1, -0.05) is 107 Å². The molecule has 1 aliphatic rings. The smallest absolute Gasteiger partial charge is 0.244 e. The van der Waals surface area contributed by atoms with Crippen molar-refractivity contribution < 1.29 is 18.0 Å². The molecule has 1 N–H and O–H groups in total. The molecule has 230 valence electrons. The molecule has 2 amide bonds. The fourth-order valence-corrected chi connectivity index (χ4v) is 7.07. The van der Waals surface area contributed by atoms with Crippen molar-refractivity contribution in [2.75, 3.05) is 17.1 Å². The van der Waals surface area contributed by atoms with Crippen LogP contribution in [0.25, 0.3) is 0 Å². The Balaban J connectivity index is 1.78. The summed E-state index contributed by atoms with van der Waals surface area (Å²) in [6.07, 6.45) is 4.84. The number of rotatable bonds is 11. The van der Waals surface area contributed by atoms with Crippen LogP contribution in [-0.4, -0.2) is 50.0 Å². The first-order chi connectivity index (χ1) is 20.3. The van der Waals surface area contributed by atoms with Gasteiger partial charge in [-0.2, -0.15) is 0 Å². The van der Waals surface area contributed by atoms with Crippen molar-refractivity contribution in [2.24, 2.45) is 0 Å². The van der Waals surface area contributed by atoms with E-state index in [2.05, 4.69) is 5.32 Å². The minimum Gasteiger partial charge on any atom is -0.352 e. The van der Waals surface area contributed by atoms with Gasteiger partial charge in [0, 0.05) is 29.1 Å². The quantitative estimate of drug-likeness (QED) is 0.211. The van der Waals surface area contributed by atoms with E-state index in [1.807, 2.05) is 30.3 Å². The lowest BCUT2D eigenvalue weighted by Gasteiger charge is -2.34. The molecule has 0 bridgehead atoms. The van der Waals surface area contributed by atoms with Gasteiger partial charge in [-0.25, -0.2) is 8.42 Å². The maximum absolute atomic E-state index is 14.3. The van der Waals surface area contributed by atoms with Gasteiger partial charge in [-0.3, -0.25) is 13.9 Å². The van der Waals surface area contributed by atoms with E-state index in [4.69, 9.17) is 58.0 Å². The minimum atomic E-state index is -4.05. The number of carbonyl (C=O) groups excluding carboxylic acids is 2. The van der Waals surface area contributed by atoms with Gasteiger partial charge in [0.1, 0.15) is 12.6 Å². The van der Waals surface area contributed by atoms with Crippen molar-refractivity contribution >= 4 is 85.5 Å². The van der Waals surface area contributed by atoms with Crippen molar-refractivity contribution in [3.05, 3.63) is 96.9 Å². The number of anilines is 1. The van der Waals surface area contributed by atoms with Crippen LogP contribution >= 0.6 is 58.0 Å². The molecule has 1 fully saturated rings. The van der Waals surface area contributed by atoms with Crippen LogP contribution in [0.3, 0.4) is 0 Å². The first kappa shape index (κ1) is 33.7. The van der Waals surface area contributed by atoms with E-state index in [1.54, 1.807) is 18.2 Å². The minimum absolute atomic E-state index is 0.00983. The highest BCUT2D eigenvalue weighted by Gasteiger charge is 2.35. The molecule has 3 aromatic carbocycles. The van der Waals surface area contributed by atoms with Crippen LogP contribution in [0.15, 0.2) is 60.7 Å². The van der Waals surface area contributed by atoms with Gasteiger partial charge < -0.3 is 10.2 Å². The topological polar surface area (TPSA) is 86.8 Å². The molecular formula is C30H30Cl5N3O4S. The Kier molecular flexibility index (Phi) is 11.5. The number of benzene rings is 3. The molecule has 0 heterocycles. The summed E-state index contributed by atoms with van der Waals surface area (Å²) >= 11 is 31.3. The fraction of sp³-hybridized carbons (Fsp3) is 0.333. The summed E-state index contributed by atoms with van der Waals surface area (Å²) in [7, 11) is -4.05. The molecule has 4 rings (SSSR count). The van der Waals surface area contributed by atoms with Gasteiger partial charge in [0.2, 0.25) is 21.8 Å². The third-order valence-electron chi connectivity index (χ3n) is 7.27. The molecule has 13 heteroatoms. The number of nitrogens with one attached hydrogen (secondary N) is 1. The fourth-order valence-electron chi connectivity index (χ4n) is 5.05.